The Morgan fingerprint density at radius 3 is 2.74 bits per heavy atom. The second-order valence-electron chi connectivity index (χ2n) is 7.13. The molecule has 0 unspecified atom stereocenters. The minimum atomic E-state index is -0.664. The van der Waals surface area contributed by atoms with Crippen LogP contribution in [-0.2, 0) is 0 Å². The van der Waals surface area contributed by atoms with Gasteiger partial charge in [0.05, 0.1) is 12.2 Å². The Labute approximate surface area is 162 Å². The highest BCUT2D eigenvalue weighted by atomic mass is 35.5. The van der Waals surface area contributed by atoms with E-state index in [0.717, 1.165) is 25.9 Å². The van der Waals surface area contributed by atoms with E-state index in [1.807, 2.05) is 6.92 Å². The summed E-state index contributed by atoms with van der Waals surface area (Å²) in [5.74, 6) is -0.277. The molecule has 1 aromatic heterocycles. The van der Waals surface area contributed by atoms with Crippen molar-refractivity contribution in [1.82, 2.24) is 15.5 Å². The number of nitrogens with zero attached hydrogens (tertiary/aromatic N) is 2. The highest BCUT2D eigenvalue weighted by molar-refractivity contribution is 5.85. The molecule has 148 valence electrons. The van der Waals surface area contributed by atoms with Crippen molar-refractivity contribution in [3.8, 4) is 17.2 Å². The summed E-state index contributed by atoms with van der Waals surface area (Å²) in [6.07, 6.45) is 2.09. The van der Waals surface area contributed by atoms with E-state index in [1.165, 1.54) is 6.07 Å². The SMILES string of the molecule is C[C@@H]1CN([C@@H](C)C2CCNCC2)c2cc(-c3n[nH]c(=O)o3)cc(F)c2O1.Cl. The van der Waals surface area contributed by atoms with Crippen molar-refractivity contribution < 1.29 is 13.5 Å². The number of H-pyrrole nitrogens is 1. The number of rotatable bonds is 3. The first-order chi connectivity index (χ1) is 12.5. The van der Waals surface area contributed by atoms with Gasteiger partial charge in [-0.2, -0.15) is 0 Å². The Balaban J connectivity index is 0.00000210. The van der Waals surface area contributed by atoms with Gasteiger partial charge in [0.1, 0.15) is 6.10 Å². The molecule has 0 saturated carbocycles. The lowest BCUT2D eigenvalue weighted by Crippen LogP contribution is -2.48. The average Bonchev–Trinajstić information content (AvgIpc) is 3.08. The van der Waals surface area contributed by atoms with Gasteiger partial charge in [-0.15, -0.1) is 17.5 Å². The van der Waals surface area contributed by atoms with E-state index in [0.29, 0.717) is 23.7 Å². The van der Waals surface area contributed by atoms with E-state index in [4.69, 9.17) is 9.15 Å². The van der Waals surface area contributed by atoms with Crippen LogP contribution in [0.2, 0.25) is 0 Å². The number of benzene rings is 1. The molecule has 1 fully saturated rings. The van der Waals surface area contributed by atoms with Gasteiger partial charge in [0, 0.05) is 11.6 Å². The molecule has 0 spiro atoms. The van der Waals surface area contributed by atoms with E-state index in [9.17, 15) is 9.18 Å². The van der Waals surface area contributed by atoms with E-state index in [2.05, 4.69) is 27.3 Å². The molecule has 7 nitrogen and oxygen atoms in total. The monoisotopic (exact) mass is 398 g/mol. The highest BCUT2D eigenvalue weighted by Crippen LogP contribution is 2.41. The molecule has 2 aromatic rings. The molecule has 1 aromatic carbocycles. The summed E-state index contributed by atoms with van der Waals surface area (Å²) in [7, 11) is 0. The molecule has 0 bridgehead atoms. The van der Waals surface area contributed by atoms with Crippen LogP contribution < -0.4 is 20.7 Å². The van der Waals surface area contributed by atoms with Crippen LogP contribution in [0.15, 0.2) is 21.3 Å². The largest absolute Gasteiger partial charge is 0.484 e. The van der Waals surface area contributed by atoms with Crippen molar-refractivity contribution in [2.75, 3.05) is 24.5 Å². The molecule has 0 aliphatic carbocycles. The molecule has 27 heavy (non-hydrogen) atoms. The minimum absolute atomic E-state index is 0. The maximum absolute atomic E-state index is 14.8. The molecule has 2 aliphatic heterocycles. The molecule has 4 rings (SSSR count). The fourth-order valence-corrected chi connectivity index (χ4v) is 3.97. The van der Waals surface area contributed by atoms with Crippen molar-refractivity contribution >= 4 is 18.1 Å². The lowest BCUT2D eigenvalue weighted by molar-refractivity contribution is 0.189. The van der Waals surface area contributed by atoms with Gasteiger partial charge in [0.2, 0.25) is 5.89 Å². The summed E-state index contributed by atoms with van der Waals surface area (Å²) in [6.45, 7) is 6.84. The van der Waals surface area contributed by atoms with Gasteiger partial charge in [-0.25, -0.2) is 14.3 Å². The maximum Gasteiger partial charge on any atom is 0.434 e. The predicted octanol–water partition coefficient (Wildman–Crippen LogP) is 2.57. The predicted molar refractivity (Wildman–Crippen MR) is 102 cm³/mol. The van der Waals surface area contributed by atoms with Crippen LogP contribution in [0, 0.1) is 11.7 Å². The standard InChI is InChI=1S/C18H23FN4O3.ClH/c1-10-9-23(11(2)12-3-5-20-6-4-12)15-8-13(7-14(19)16(15)25-10)17-21-22-18(24)26-17;/h7-8,10-12,20H,3-6,9H2,1-2H3,(H,22,24);1H/t10-,11+;/m1./s1. The van der Waals surface area contributed by atoms with Crippen LogP contribution in [0.5, 0.6) is 5.75 Å². The third-order valence-electron chi connectivity index (χ3n) is 5.35. The second kappa shape index (κ2) is 7.90. The summed E-state index contributed by atoms with van der Waals surface area (Å²) in [6, 6.07) is 3.34. The van der Waals surface area contributed by atoms with E-state index < -0.39 is 11.6 Å². The first-order valence-electron chi connectivity index (χ1n) is 9.06. The molecule has 0 amide bonds. The second-order valence-corrected chi connectivity index (χ2v) is 7.13. The third kappa shape index (κ3) is 3.82. The molecular formula is C18H24ClFN4O3. The Bertz CT molecular complexity index is 849. The number of hydrogen-bond donors (Lipinski definition) is 2. The summed E-state index contributed by atoms with van der Waals surface area (Å²) in [5, 5.41) is 9.41. The quantitative estimate of drug-likeness (QED) is 0.826. The summed E-state index contributed by atoms with van der Waals surface area (Å²) < 4.78 is 25.5. The van der Waals surface area contributed by atoms with Gasteiger partial charge >= 0.3 is 5.76 Å². The van der Waals surface area contributed by atoms with Crippen LogP contribution in [0.25, 0.3) is 11.5 Å². The zero-order valence-corrected chi connectivity index (χ0v) is 16.1. The third-order valence-corrected chi connectivity index (χ3v) is 5.35. The van der Waals surface area contributed by atoms with Gasteiger partial charge in [-0.05, 0) is 57.8 Å². The number of ether oxygens (including phenoxy) is 1. The normalized spacial score (nSPS) is 21.1. The minimum Gasteiger partial charge on any atom is -0.484 e. The lowest BCUT2D eigenvalue weighted by atomic mass is 9.89. The van der Waals surface area contributed by atoms with Crippen LogP contribution in [0.4, 0.5) is 10.1 Å². The highest BCUT2D eigenvalue weighted by Gasteiger charge is 2.33. The van der Waals surface area contributed by atoms with E-state index in [1.54, 1.807) is 6.07 Å². The molecule has 2 aliphatic rings. The number of aromatic nitrogens is 2. The van der Waals surface area contributed by atoms with Gasteiger partial charge < -0.3 is 19.4 Å². The average molecular weight is 399 g/mol. The smallest absolute Gasteiger partial charge is 0.434 e. The Morgan fingerprint density at radius 2 is 2.07 bits per heavy atom. The Morgan fingerprint density at radius 1 is 1.33 bits per heavy atom. The number of nitrogens with one attached hydrogen (secondary N) is 2. The Hall–Kier alpha value is -2.06. The van der Waals surface area contributed by atoms with E-state index >= 15 is 0 Å². The zero-order chi connectivity index (χ0) is 18.3. The number of aromatic amines is 1. The van der Waals surface area contributed by atoms with Gasteiger partial charge in [-0.3, -0.25) is 0 Å². The van der Waals surface area contributed by atoms with Gasteiger partial charge in [0.15, 0.2) is 11.6 Å². The van der Waals surface area contributed by atoms with Crippen molar-refractivity contribution in [2.45, 2.75) is 38.8 Å². The van der Waals surface area contributed by atoms with E-state index in [-0.39, 0.29) is 36.2 Å². The van der Waals surface area contributed by atoms with Gasteiger partial charge in [0.25, 0.3) is 0 Å². The first-order valence-corrected chi connectivity index (χ1v) is 9.06. The Kier molecular flexibility index (Phi) is 5.76. The van der Waals surface area contributed by atoms with Crippen molar-refractivity contribution in [2.24, 2.45) is 5.92 Å². The van der Waals surface area contributed by atoms with Crippen LogP contribution in [0.3, 0.4) is 0 Å². The van der Waals surface area contributed by atoms with Crippen LogP contribution in [0.1, 0.15) is 26.7 Å². The molecule has 2 N–H and O–H groups in total. The molecule has 1 saturated heterocycles. The molecular weight excluding hydrogens is 375 g/mol. The summed E-state index contributed by atoms with van der Waals surface area (Å²) >= 11 is 0. The van der Waals surface area contributed by atoms with Crippen molar-refractivity contribution in [3.63, 3.8) is 0 Å². The zero-order valence-electron chi connectivity index (χ0n) is 15.3. The summed E-state index contributed by atoms with van der Waals surface area (Å²) in [5.41, 5.74) is 1.11. The summed E-state index contributed by atoms with van der Waals surface area (Å²) in [4.78, 5) is 13.5. The number of fused-ring (bicyclic) bond motifs is 1. The van der Waals surface area contributed by atoms with Crippen molar-refractivity contribution in [1.29, 1.82) is 0 Å². The van der Waals surface area contributed by atoms with Crippen LogP contribution >= 0.6 is 12.4 Å². The fourth-order valence-electron chi connectivity index (χ4n) is 3.97. The number of halogens is 2. The lowest BCUT2D eigenvalue weighted by Gasteiger charge is -2.43. The molecule has 2 atom stereocenters. The van der Waals surface area contributed by atoms with Gasteiger partial charge in [-0.1, -0.05) is 0 Å². The maximum atomic E-state index is 14.8. The number of anilines is 1. The van der Waals surface area contributed by atoms with Crippen molar-refractivity contribution in [3.05, 3.63) is 28.5 Å². The molecule has 9 heteroatoms. The first kappa shape index (κ1) is 19.7. The number of hydrogen-bond acceptors (Lipinski definition) is 6. The topological polar surface area (TPSA) is 83.4 Å². The fraction of sp³-hybridized carbons (Fsp3) is 0.556. The molecule has 3 heterocycles. The van der Waals surface area contributed by atoms with Crippen LogP contribution in [-0.4, -0.2) is 42.0 Å². The number of piperidine rings is 1. The molecule has 0 radical (unpaired) electrons.